The lowest BCUT2D eigenvalue weighted by Gasteiger charge is -2.47. The Morgan fingerprint density at radius 1 is 1.44 bits per heavy atom. The topological polar surface area (TPSA) is 106 Å². The number of aromatic nitrogens is 1. The van der Waals surface area contributed by atoms with E-state index >= 15 is 0 Å². The van der Waals surface area contributed by atoms with Crippen LogP contribution in [0, 0.1) is 29.6 Å². The van der Waals surface area contributed by atoms with Crippen molar-refractivity contribution in [1.29, 1.82) is 0 Å². The van der Waals surface area contributed by atoms with E-state index in [1.807, 2.05) is 25.1 Å². The number of carbonyl (C=O) groups excluding carboxylic acids is 1. The lowest BCUT2D eigenvalue weighted by molar-refractivity contribution is -0.144. The number of rotatable bonds is 2. The third-order valence-corrected chi connectivity index (χ3v) is 6.47. The Labute approximate surface area is 158 Å². The number of fused-ring (bicyclic) bond motifs is 2. The Bertz CT molecular complexity index is 763. The number of allylic oxidation sites excluding steroid dienone is 1. The number of nitrogens with two attached hydrogens (primary N) is 1. The molecule has 0 unspecified atom stereocenters. The van der Waals surface area contributed by atoms with Crippen LogP contribution in [0.5, 0.6) is 0 Å². The molecule has 0 bridgehead atoms. The number of anilines is 1. The van der Waals surface area contributed by atoms with Gasteiger partial charge in [-0.15, -0.1) is 0 Å². The van der Waals surface area contributed by atoms with Crippen molar-refractivity contribution in [2.24, 2.45) is 29.6 Å². The van der Waals surface area contributed by atoms with Crippen molar-refractivity contribution in [3.8, 4) is 0 Å². The van der Waals surface area contributed by atoms with Gasteiger partial charge in [-0.25, -0.2) is 4.79 Å². The first-order chi connectivity index (χ1) is 12.9. The highest BCUT2D eigenvalue weighted by molar-refractivity contribution is 5.75. The van der Waals surface area contributed by atoms with E-state index in [4.69, 9.17) is 10.5 Å². The van der Waals surface area contributed by atoms with Crippen LogP contribution in [-0.2, 0) is 9.53 Å². The third kappa shape index (κ3) is 3.26. The van der Waals surface area contributed by atoms with Crippen LogP contribution in [0.3, 0.4) is 0 Å². The SMILES string of the molecule is C[C@H]1OC(=O)[C@@H]2C[C@@H]3CN(C(=O)O)CC[C@H]3[C@H](/C=C/c3ccc(N)cn3)[C@H]12. The Kier molecular flexibility index (Phi) is 4.53. The molecule has 27 heavy (non-hydrogen) atoms. The predicted molar refractivity (Wildman–Crippen MR) is 99.5 cm³/mol. The number of carbonyl (C=O) groups is 2. The fourth-order valence-corrected chi connectivity index (χ4v) is 5.26. The zero-order chi connectivity index (χ0) is 19.1. The van der Waals surface area contributed by atoms with E-state index in [2.05, 4.69) is 11.1 Å². The zero-order valence-corrected chi connectivity index (χ0v) is 15.3. The Morgan fingerprint density at radius 3 is 2.96 bits per heavy atom. The molecule has 0 radical (unpaired) electrons. The Hall–Kier alpha value is -2.57. The number of piperidine rings is 1. The second-order valence-corrected chi connectivity index (χ2v) is 7.96. The summed E-state index contributed by atoms with van der Waals surface area (Å²) in [5, 5.41) is 9.35. The van der Waals surface area contributed by atoms with Gasteiger partial charge >= 0.3 is 12.1 Å². The molecule has 3 fully saturated rings. The van der Waals surface area contributed by atoms with Gasteiger partial charge in [-0.05, 0) is 55.7 Å². The highest BCUT2D eigenvalue weighted by atomic mass is 16.6. The summed E-state index contributed by atoms with van der Waals surface area (Å²) in [5.74, 6) is 0.559. The maximum absolute atomic E-state index is 12.4. The number of amides is 1. The van der Waals surface area contributed by atoms with E-state index in [0.717, 1.165) is 12.1 Å². The maximum atomic E-state index is 12.4. The Morgan fingerprint density at radius 2 is 2.26 bits per heavy atom. The lowest BCUT2D eigenvalue weighted by atomic mass is 9.59. The van der Waals surface area contributed by atoms with E-state index in [-0.39, 0.29) is 35.7 Å². The van der Waals surface area contributed by atoms with Crippen LogP contribution in [0.2, 0.25) is 0 Å². The molecule has 2 aliphatic heterocycles. The summed E-state index contributed by atoms with van der Waals surface area (Å²) in [6, 6.07) is 3.69. The summed E-state index contributed by atoms with van der Waals surface area (Å²) < 4.78 is 5.55. The first kappa shape index (κ1) is 17.8. The minimum absolute atomic E-state index is 0.116. The second-order valence-electron chi connectivity index (χ2n) is 7.96. The van der Waals surface area contributed by atoms with Gasteiger partial charge in [0.2, 0.25) is 0 Å². The van der Waals surface area contributed by atoms with Gasteiger partial charge in [0.25, 0.3) is 0 Å². The quantitative estimate of drug-likeness (QED) is 0.774. The molecule has 3 aliphatic rings. The molecule has 2 saturated heterocycles. The van der Waals surface area contributed by atoms with Gasteiger partial charge in [0.05, 0.1) is 23.5 Å². The smallest absolute Gasteiger partial charge is 0.407 e. The number of carboxylic acid groups (broad SMARTS) is 1. The molecule has 144 valence electrons. The van der Waals surface area contributed by atoms with Crippen molar-refractivity contribution in [3.05, 3.63) is 30.1 Å². The highest BCUT2D eigenvalue weighted by Crippen LogP contribution is 2.51. The van der Waals surface area contributed by atoms with Crippen molar-refractivity contribution in [2.45, 2.75) is 25.9 Å². The van der Waals surface area contributed by atoms with Crippen LogP contribution in [0.25, 0.3) is 6.08 Å². The van der Waals surface area contributed by atoms with Crippen molar-refractivity contribution in [3.63, 3.8) is 0 Å². The molecule has 3 N–H and O–H groups in total. The number of nitrogen functional groups attached to an aromatic ring is 1. The number of cyclic esters (lactones) is 1. The lowest BCUT2D eigenvalue weighted by Crippen LogP contribution is -2.51. The second kappa shape index (κ2) is 6.87. The molecule has 1 aromatic rings. The normalized spacial score (nSPS) is 35.6. The molecule has 0 aromatic carbocycles. The number of pyridine rings is 1. The fourth-order valence-electron chi connectivity index (χ4n) is 5.26. The van der Waals surface area contributed by atoms with Crippen molar-refractivity contribution < 1.29 is 19.4 Å². The van der Waals surface area contributed by atoms with Gasteiger partial charge in [0, 0.05) is 19.0 Å². The summed E-state index contributed by atoms with van der Waals surface area (Å²) in [7, 11) is 0. The van der Waals surface area contributed by atoms with Crippen LogP contribution >= 0.6 is 0 Å². The van der Waals surface area contributed by atoms with Crippen molar-refractivity contribution >= 4 is 23.8 Å². The Balaban J connectivity index is 1.62. The van der Waals surface area contributed by atoms with Crippen LogP contribution < -0.4 is 5.73 Å². The molecule has 1 aliphatic carbocycles. The van der Waals surface area contributed by atoms with E-state index < -0.39 is 6.09 Å². The number of nitrogens with zero attached hydrogens (tertiary/aromatic N) is 2. The van der Waals surface area contributed by atoms with E-state index in [1.54, 1.807) is 6.20 Å². The molecule has 6 atom stereocenters. The monoisotopic (exact) mass is 371 g/mol. The average molecular weight is 371 g/mol. The summed E-state index contributed by atoms with van der Waals surface area (Å²) in [6.45, 7) is 3.01. The summed E-state index contributed by atoms with van der Waals surface area (Å²) in [4.78, 5) is 29.6. The number of ether oxygens (including phenoxy) is 1. The highest BCUT2D eigenvalue weighted by Gasteiger charge is 2.54. The molecule has 1 saturated carbocycles. The first-order valence-electron chi connectivity index (χ1n) is 9.52. The first-order valence-corrected chi connectivity index (χ1v) is 9.52. The molecule has 7 nitrogen and oxygen atoms in total. The van der Waals surface area contributed by atoms with E-state index in [0.29, 0.717) is 31.1 Å². The van der Waals surface area contributed by atoms with Crippen LogP contribution in [0.4, 0.5) is 10.5 Å². The summed E-state index contributed by atoms with van der Waals surface area (Å²) in [5.41, 5.74) is 7.14. The minimum atomic E-state index is -0.879. The molecule has 0 spiro atoms. The number of likely N-dealkylation sites (tertiary alicyclic amines) is 1. The average Bonchev–Trinajstić information content (AvgIpc) is 2.93. The van der Waals surface area contributed by atoms with Crippen LogP contribution in [-0.4, -0.2) is 46.2 Å². The molecular weight excluding hydrogens is 346 g/mol. The standard InChI is InChI=1S/C20H25N3O4/c1-11-18-16(5-4-14-3-2-13(21)9-22-14)15-6-7-23(20(25)26)10-12(15)8-17(18)19(24)27-11/h2-5,9,11-12,15-18H,6-8,10,21H2,1H3,(H,25,26)/b5-4+/t11-,12-,15-,16+,17-,18+/m1/s1. The predicted octanol–water partition coefficient (Wildman–Crippen LogP) is 2.49. The van der Waals surface area contributed by atoms with Crippen LogP contribution in [0.15, 0.2) is 24.4 Å². The molecule has 3 heterocycles. The van der Waals surface area contributed by atoms with Crippen molar-refractivity contribution in [1.82, 2.24) is 9.88 Å². The molecule has 4 rings (SSSR count). The zero-order valence-electron chi connectivity index (χ0n) is 15.3. The molecule has 7 heteroatoms. The van der Waals surface area contributed by atoms with E-state index in [1.165, 1.54) is 4.90 Å². The van der Waals surface area contributed by atoms with Gasteiger partial charge in [0.1, 0.15) is 6.10 Å². The van der Waals surface area contributed by atoms with Gasteiger partial charge in [-0.3, -0.25) is 9.78 Å². The van der Waals surface area contributed by atoms with Gasteiger partial charge < -0.3 is 20.5 Å². The summed E-state index contributed by atoms with van der Waals surface area (Å²) in [6.07, 6.45) is 6.30. The minimum Gasteiger partial charge on any atom is -0.465 e. The van der Waals surface area contributed by atoms with Gasteiger partial charge in [0.15, 0.2) is 0 Å². The number of hydrogen-bond acceptors (Lipinski definition) is 5. The summed E-state index contributed by atoms with van der Waals surface area (Å²) >= 11 is 0. The van der Waals surface area contributed by atoms with Gasteiger partial charge in [-0.1, -0.05) is 6.08 Å². The number of hydrogen-bond donors (Lipinski definition) is 2. The molecule has 1 amide bonds. The van der Waals surface area contributed by atoms with E-state index in [9.17, 15) is 14.7 Å². The number of esters is 1. The third-order valence-electron chi connectivity index (χ3n) is 6.47. The largest absolute Gasteiger partial charge is 0.465 e. The van der Waals surface area contributed by atoms with Crippen LogP contribution in [0.1, 0.15) is 25.5 Å². The molecule has 1 aromatic heterocycles. The van der Waals surface area contributed by atoms with Gasteiger partial charge in [-0.2, -0.15) is 0 Å². The van der Waals surface area contributed by atoms with Crippen molar-refractivity contribution in [2.75, 3.05) is 18.8 Å². The fraction of sp³-hybridized carbons (Fsp3) is 0.550. The maximum Gasteiger partial charge on any atom is 0.407 e. The molecular formula is C20H25N3O4.